The highest BCUT2D eigenvalue weighted by molar-refractivity contribution is 5.96. The van der Waals surface area contributed by atoms with E-state index in [9.17, 15) is 33.9 Å². The van der Waals surface area contributed by atoms with E-state index in [2.05, 4.69) is 33.2 Å². The van der Waals surface area contributed by atoms with Crippen LogP contribution in [-0.2, 0) is 35.2 Å². The first-order valence-corrected chi connectivity index (χ1v) is 19.4. The Hall–Kier alpha value is -5.12. The lowest BCUT2D eigenvalue weighted by Gasteiger charge is -2.27. The molecule has 6 atom stereocenters. The first-order valence-electron chi connectivity index (χ1n) is 19.4. The Kier molecular flexibility index (Phi) is 21.1. The van der Waals surface area contributed by atoms with E-state index in [4.69, 9.17) is 17.2 Å². The summed E-state index contributed by atoms with van der Waals surface area (Å²) >= 11 is 0. The summed E-state index contributed by atoms with van der Waals surface area (Å²) in [5.74, 6) is -4.47. The lowest BCUT2D eigenvalue weighted by molar-refractivity contribution is -0.142. The van der Waals surface area contributed by atoms with Gasteiger partial charge in [0, 0.05) is 6.42 Å². The molecular weight excluding hydrogens is 716 g/mol. The molecule has 308 valence electrons. The SMILES string of the molecule is C=CC[C@H](NC(=O)[C@H](CCCCN)NC(=O)[C@H](CCCCN)NC(=O)[C@H](C)N)C(=O)N[C@@H](Cc1ccc(-c2ccccc2)cc1)C(=O)N[C@@H](CC(C)C)C(=O)O. The minimum atomic E-state index is -1.22. The van der Waals surface area contributed by atoms with E-state index in [1.54, 1.807) is 0 Å². The van der Waals surface area contributed by atoms with Crippen molar-refractivity contribution in [1.82, 2.24) is 26.6 Å². The van der Waals surface area contributed by atoms with Crippen LogP contribution in [0, 0.1) is 5.92 Å². The Morgan fingerprint density at radius 2 is 1.07 bits per heavy atom. The van der Waals surface area contributed by atoms with Gasteiger partial charge in [0.25, 0.3) is 0 Å². The number of carboxylic acid groups (broad SMARTS) is 1. The molecule has 0 radical (unpaired) electrons. The van der Waals surface area contributed by atoms with E-state index < -0.39 is 71.8 Å². The maximum absolute atomic E-state index is 13.9. The van der Waals surface area contributed by atoms with Gasteiger partial charge in [-0.25, -0.2) is 4.79 Å². The van der Waals surface area contributed by atoms with Crippen molar-refractivity contribution in [2.24, 2.45) is 23.1 Å². The van der Waals surface area contributed by atoms with Gasteiger partial charge in [0.05, 0.1) is 6.04 Å². The second-order valence-electron chi connectivity index (χ2n) is 14.4. The van der Waals surface area contributed by atoms with Crippen LogP contribution in [0.15, 0.2) is 67.3 Å². The molecule has 2 aromatic rings. The molecule has 2 aromatic carbocycles. The number of aliphatic carboxylic acids is 1. The molecule has 0 aromatic heterocycles. The number of hydrogen-bond donors (Lipinski definition) is 9. The predicted molar refractivity (Wildman–Crippen MR) is 217 cm³/mol. The monoisotopic (exact) mass is 778 g/mol. The molecule has 0 aliphatic rings. The fraction of sp³-hybridized carbons (Fsp3) is 0.512. The molecule has 0 saturated carbocycles. The van der Waals surface area contributed by atoms with Crippen LogP contribution >= 0.6 is 0 Å². The molecule has 0 aliphatic carbocycles. The lowest BCUT2D eigenvalue weighted by atomic mass is 9.99. The molecule has 0 heterocycles. The number of carboxylic acids is 1. The van der Waals surface area contributed by atoms with Crippen molar-refractivity contribution in [2.45, 2.75) is 115 Å². The summed E-state index contributed by atoms with van der Waals surface area (Å²) in [6, 6.07) is 10.6. The van der Waals surface area contributed by atoms with Crippen molar-refractivity contribution in [2.75, 3.05) is 13.1 Å². The van der Waals surface area contributed by atoms with Crippen LogP contribution in [0.2, 0.25) is 0 Å². The van der Waals surface area contributed by atoms with Gasteiger partial charge in [0.1, 0.15) is 30.2 Å². The van der Waals surface area contributed by atoms with Gasteiger partial charge in [-0.05, 0) is 94.0 Å². The number of benzene rings is 2. The van der Waals surface area contributed by atoms with E-state index in [1.165, 1.54) is 13.0 Å². The molecule has 0 aliphatic heterocycles. The first-order chi connectivity index (χ1) is 26.7. The van der Waals surface area contributed by atoms with Crippen LogP contribution < -0.4 is 43.8 Å². The van der Waals surface area contributed by atoms with Crippen molar-refractivity contribution in [3.8, 4) is 11.1 Å². The summed E-state index contributed by atoms with van der Waals surface area (Å²) in [6.45, 7) is 9.64. The highest BCUT2D eigenvalue weighted by Crippen LogP contribution is 2.20. The average molecular weight is 779 g/mol. The minimum Gasteiger partial charge on any atom is -0.480 e. The molecule has 0 unspecified atom stereocenters. The number of carbonyl (C=O) groups is 6. The van der Waals surface area contributed by atoms with Crippen molar-refractivity contribution in [3.05, 3.63) is 72.8 Å². The third-order valence-corrected chi connectivity index (χ3v) is 9.06. The van der Waals surface area contributed by atoms with Gasteiger partial charge in [-0.2, -0.15) is 0 Å². The fourth-order valence-electron chi connectivity index (χ4n) is 5.92. The summed E-state index contributed by atoms with van der Waals surface area (Å²) in [5.41, 5.74) is 19.7. The molecule has 0 fully saturated rings. The predicted octanol–water partition coefficient (Wildman–Crippen LogP) is 1.63. The quantitative estimate of drug-likeness (QED) is 0.0493. The number of unbranched alkanes of at least 4 members (excludes halogenated alkanes) is 2. The van der Waals surface area contributed by atoms with Crippen LogP contribution in [0.4, 0.5) is 0 Å². The summed E-state index contributed by atoms with van der Waals surface area (Å²) in [6.07, 6.45) is 4.23. The van der Waals surface area contributed by atoms with Gasteiger partial charge < -0.3 is 48.9 Å². The van der Waals surface area contributed by atoms with Crippen molar-refractivity contribution in [1.29, 1.82) is 0 Å². The summed E-state index contributed by atoms with van der Waals surface area (Å²) < 4.78 is 0. The Morgan fingerprint density at radius 1 is 0.625 bits per heavy atom. The largest absolute Gasteiger partial charge is 0.480 e. The first kappa shape index (κ1) is 47.0. The third-order valence-electron chi connectivity index (χ3n) is 9.06. The number of amides is 5. The maximum atomic E-state index is 13.9. The molecule has 5 amide bonds. The normalized spacial score (nSPS) is 14.3. The van der Waals surface area contributed by atoms with E-state index in [-0.39, 0.29) is 38.0 Å². The molecule has 12 N–H and O–H groups in total. The standard InChI is InChI=1S/C41H62N8O7/c1-5-13-31(46-39(53)33(17-10-12-23-43)47-38(52)32(16-9-11-22-42)45-36(50)27(4)44)37(51)48-34(40(54)49-35(41(55)56)24-26(2)3)25-28-18-20-30(21-19-28)29-14-7-6-8-15-29/h5-8,14-15,18-21,26-27,31-35H,1,9-13,16-17,22-25,42-44H2,2-4H3,(H,45,50)(H,46,53)(H,47,52)(H,48,51)(H,49,54)(H,55,56)/t27-,31-,32-,33-,34-,35-/m0/s1. The van der Waals surface area contributed by atoms with Crippen LogP contribution in [0.3, 0.4) is 0 Å². The van der Waals surface area contributed by atoms with Gasteiger partial charge in [-0.15, -0.1) is 6.58 Å². The van der Waals surface area contributed by atoms with E-state index >= 15 is 0 Å². The van der Waals surface area contributed by atoms with Gasteiger partial charge in [0.15, 0.2) is 0 Å². The van der Waals surface area contributed by atoms with Gasteiger partial charge in [-0.1, -0.05) is 74.5 Å². The smallest absolute Gasteiger partial charge is 0.326 e. The molecular formula is C41H62N8O7. The highest BCUT2D eigenvalue weighted by atomic mass is 16.4. The molecule has 15 nitrogen and oxygen atoms in total. The number of nitrogens with one attached hydrogen (secondary N) is 5. The highest BCUT2D eigenvalue weighted by Gasteiger charge is 2.32. The molecule has 0 bridgehead atoms. The minimum absolute atomic E-state index is 0.0197. The number of nitrogens with two attached hydrogens (primary N) is 3. The fourth-order valence-corrected chi connectivity index (χ4v) is 5.92. The van der Waals surface area contributed by atoms with Gasteiger partial charge >= 0.3 is 5.97 Å². The number of hydrogen-bond acceptors (Lipinski definition) is 9. The van der Waals surface area contributed by atoms with Crippen LogP contribution in [-0.4, -0.2) is 90.0 Å². The van der Waals surface area contributed by atoms with Crippen molar-refractivity contribution >= 4 is 35.5 Å². The lowest BCUT2D eigenvalue weighted by Crippen LogP contribution is -2.59. The zero-order valence-corrected chi connectivity index (χ0v) is 32.9. The topological polar surface area (TPSA) is 261 Å². The zero-order chi connectivity index (χ0) is 41.6. The third kappa shape index (κ3) is 16.7. The Labute approximate surface area is 330 Å². The molecule has 15 heteroatoms. The van der Waals surface area contributed by atoms with Crippen LogP contribution in [0.1, 0.15) is 77.7 Å². The Morgan fingerprint density at radius 3 is 1.55 bits per heavy atom. The molecule has 0 saturated heterocycles. The maximum Gasteiger partial charge on any atom is 0.326 e. The second-order valence-corrected chi connectivity index (χ2v) is 14.4. The van der Waals surface area contributed by atoms with Gasteiger partial charge in [0.2, 0.25) is 29.5 Å². The average Bonchev–Trinajstić information content (AvgIpc) is 3.16. The van der Waals surface area contributed by atoms with Gasteiger partial charge in [-0.3, -0.25) is 24.0 Å². The van der Waals surface area contributed by atoms with Crippen molar-refractivity contribution in [3.63, 3.8) is 0 Å². The summed E-state index contributed by atoms with van der Waals surface area (Å²) in [5, 5.41) is 23.2. The van der Waals surface area contributed by atoms with Crippen LogP contribution in [0.25, 0.3) is 11.1 Å². The van der Waals surface area contributed by atoms with E-state index in [0.717, 1.165) is 11.1 Å². The molecule has 0 spiro atoms. The summed E-state index contributed by atoms with van der Waals surface area (Å²) in [4.78, 5) is 79.4. The molecule has 2 rings (SSSR count). The van der Waals surface area contributed by atoms with Crippen molar-refractivity contribution < 1.29 is 33.9 Å². The summed E-state index contributed by atoms with van der Waals surface area (Å²) in [7, 11) is 0. The number of carbonyl (C=O) groups excluding carboxylic acids is 5. The second kappa shape index (κ2) is 25.1. The number of rotatable bonds is 26. The molecule has 56 heavy (non-hydrogen) atoms. The zero-order valence-electron chi connectivity index (χ0n) is 32.9. The van der Waals surface area contributed by atoms with Crippen LogP contribution in [0.5, 0.6) is 0 Å². The van der Waals surface area contributed by atoms with E-state index in [0.29, 0.717) is 44.3 Å². The Bertz CT molecular complexity index is 1570. The Balaban J connectivity index is 2.36. The van der Waals surface area contributed by atoms with E-state index in [1.807, 2.05) is 68.4 Å².